The largest absolute Gasteiger partial charge is 0.496 e. The van der Waals surface area contributed by atoms with E-state index in [9.17, 15) is 8.78 Å². The predicted octanol–water partition coefficient (Wildman–Crippen LogP) is 5.19. The SMILES string of the molecule is C=C(CCc1nc(-c2ccc(F)cc2F)n(C)n1)OC(C)CCCCC. The smallest absolute Gasteiger partial charge is 0.161 e. The first-order valence-corrected chi connectivity index (χ1v) is 9.10. The Morgan fingerprint density at radius 1 is 1.31 bits per heavy atom. The molecule has 0 amide bonds. The number of hydrogen-bond acceptors (Lipinski definition) is 3. The van der Waals surface area contributed by atoms with Gasteiger partial charge >= 0.3 is 0 Å². The fourth-order valence-electron chi connectivity index (χ4n) is 2.78. The number of unbranched alkanes of at least 4 members (excludes halogenated alkanes) is 2. The number of rotatable bonds is 10. The number of hydrogen-bond donors (Lipinski definition) is 0. The van der Waals surface area contributed by atoms with E-state index in [4.69, 9.17) is 4.74 Å². The Bertz CT molecular complexity index is 743. The fraction of sp³-hybridized carbons (Fsp3) is 0.500. The molecule has 1 aromatic carbocycles. The molecule has 1 heterocycles. The van der Waals surface area contributed by atoms with Gasteiger partial charge in [-0.15, -0.1) is 0 Å². The van der Waals surface area contributed by atoms with Crippen molar-refractivity contribution in [2.24, 2.45) is 7.05 Å². The molecule has 0 spiro atoms. The lowest BCUT2D eigenvalue weighted by atomic mass is 10.1. The summed E-state index contributed by atoms with van der Waals surface area (Å²) < 4.78 is 34.3. The molecule has 26 heavy (non-hydrogen) atoms. The number of ether oxygens (including phenoxy) is 1. The maximum absolute atomic E-state index is 14.0. The van der Waals surface area contributed by atoms with E-state index in [1.807, 2.05) is 0 Å². The molecular formula is C20H27F2N3O. The van der Waals surface area contributed by atoms with Crippen molar-refractivity contribution in [1.29, 1.82) is 0 Å². The molecule has 4 nitrogen and oxygen atoms in total. The molecule has 0 bridgehead atoms. The highest BCUT2D eigenvalue weighted by Gasteiger charge is 2.15. The van der Waals surface area contributed by atoms with Crippen LogP contribution in [0.5, 0.6) is 0 Å². The molecule has 2 rings (SSSR count). The van der Waals surface area contributed by atoms with Crippen LogP contribution in [-0.2, 0) is 18.2 Å². The monoisotopic (exact) mass is 363 g/mol. The summed E-state index contributed by atoms with van der Waals surface area (Å²) in [6.45, 7) is 8.19. The van der Waals surface area contributed by atoms with Crippen molar-refractivity contribution in [1.82, 2.24) is 14.8 Å². The van der Waals surface area contributed by atoms with Crippen molar-refractivity contribution in [3.05, 3.63) is 48.0 Å². The van der Waals surface area contributed by atoms with Crippen LogP contribution in [0.4, 0.5) is 8.78 Å². The quantitative estimate of drug-likeness (QED) is 0.431. The lowest BCUT2D eigenvalue weighted by molar-refractivity contribution is 0.115. The van der Waals surface area contributed by atoms with E-state index >= 15 is 0 Å². The third-order valence-corrected chi connectivity index (χ3v) is 4.19. The fourth-order valence-corrected chi connectivity index (χ4v) is 2.78. The van der Waals surface area contributed by atoms with Gasteiger partial charge in [0.2, 0.25) is 0 Å². The Kier molecular flexibility index (Phi) is 7.30. The molecule has 0 aliphatic carbocycles. The molecule has 0 aliphatic rings. The van der Waals surface area contributed by atoms with Crippen LogP contribution < -0.4 is 0 Å². The molecule has 0 aliphatic heterocycles. The van der Waals surface area contributed by atoms with E-state index in [1.54, 1.807) is 7.05 Å². The maximum atomic E-state index is 14.0. The van der Waals surface area contributed by atoms with Gasteiger partial charge in [-0.1, -0.05) is 26.3 Å². The molecule has 1 aromatic heterocycles. The van der Waals surface area contributed by atoms with E-state index in [0.29, 0.717) is 30.2 Å². The molecule has 0 N–H and O–H groups in total. The second-order valence-electron chi connectivity index (χ2n) is 6.56. The highest BCUT2D eigenvalue weighted by Crippen LogP contribution is 2.22. The summed E-state index contributed by atoms with van der Waals surface area (Å²) in [7, 11) is 1.69. The van der Waals surface area contributed by atoms with Crippen LogP contribution in [0.2, 0.25) is 0 Å². The average molecular weight is 363 g/mol. The van der Waals surface area contributed by atoms with E-state index in [1.165, 1.54) is 29.7 Å². The first-order valence-electron chi connectivity index (χ1n) is 9.10. The molecule has 0 saturated carbocycles. The zero-order chi connectivity index (χ0) is 19.1. The van der Waals surface area contributed by atoms with E-state index in [0.717, 1.165) is 18.9 Å². The summed E-state index contributed by atoms with van der Waals surface area (Å²) in [4.78, 5) is 4.38. The summed E-state index contributed by atoms with van der Waals surface area (Å²) in [6.07, 6.45) is 5.87. The average Bonchev–Trinajstić information content (AvgIpc) is 2.94. The standard InChI is InChI=1S/C20H27F2N3O/c1-5-6-7-8-14(2)26-15(3)9-12-19-23-20(25(4)24-19)17-11-10-16(21)13-18(17)22/h10-11,13-14H,3,5-9,12H2,1-2,4H3. The van der Waals surface area contributed by atoms with Crippen molar-refractivity contribution in [2.45, 2.75) is 58.5 Å². The van der Waals surface area contributed by atoms with Crippen molar-refractivity contribution >= 4 is 0 Å². The van der Waals surface area contributed by atoms with Gasteiger partial charge in [0.15, 0.2) is 11.6 Å². The van der Waals surface area contributed by atoms with Crippen LogP contribution in [0.25, 0.3) is 11.4 Å². The summed E-state index contributed by atoms with van der Waals surface area (Å²) in [5, 5.41) is 4.31. The van der Waals surface area contributed by atoms with Gasteiger partial charge < -0.3 is 4.74 Å². The molecule has 1 atom stereocenters. The number of aromatic nitrogens is 3. The Balaban J connectivity index is 1.92. The van der Waals surface area contributed by atoms with E-state index < -0.39 is 11.6 Å². The van der Waals surface area contributed by atoms with Gasteiger partial charge in [-0.2, -0.15) is 5.10 Å². The molecule has 142 valence electrons. The van der Waals surface area contributed by atoms with Crippen molar-refractivity contribution in [3.8, 4) is 11.4 Å². The van der Waals surface area contributed by atoms with Crippen LogP contribution in [-0.4, -0.2) is 20.9 Å². The number of halogens is 2. The third-order valence-electron chi connectivity index (χ3n) is 4.19. The first-order chi connectivity index (χ1) is 12.4. The van der Waals surface area contributed by atoms with Crippen molar-refractivity contribution < 1.29 is 13.5 Å². The normalized spacial score (nSPS) is 12.2. The summed E-state index contributed by atoms with van der Waals surface area (Å²) in [5.41, 5.74) is 0.229. The van der Waals surface area contributed by atoms with Gasteiger partial charge in [0.1, 0.15) is 11.6 Å². The highest BCUT2D eigenvalue weighted by atomic mass is 19.1. The molecule has 0 fully saturated rings. The molecule has 0 radical (unpaired) electrons. The van der Waals surface area contributed by atoms with Gasteiger partial charge in [-0.25, -0.2) is 18.4 Å². The Labute approximate surface area is 153 Å². The number of benzene rings is 1. The van der Waals surface area contributed by atoms with Gasteiger partial charge in [-0.3, -0.25) is 0 Å². The molecule has 2 aromatic rings. The Hall–Kier alpha value is -2.24. The Morgan fingerprint density at radius 3 is 2.77 bits per heavy atom. The minimum Gasteiger partial charge on any atom is -0.496 e. The van der Waals surface area contributed by atoms with Crippen molar-refractivity contribution in [2.75, 3.05) is 0 Å². The zero-order valence-electron chi connectivity index (χ0n) is 15.8. The van der Waals surface area contributed by atoms with Crippen LogP contribution in [0, 0.1) is 11.6 Å². The van der Waals surface area contributed by atoms with Gasteiger partial charge in [-0.05, 0) is 31.9 Å². The van der Waals surface area contributed by atoms with Crippen LogP contribution in [0.3, 0.4) is 0 Å². The van der Waals surface area contributed by atoms with Crippen LogP contribution >= 0.6 is 0 Å². The maximum Gasteiger partial charge on any atom is 0.161 e. The minimum absolute atomic E-state index is 0.148. The highest BCUT2D eigenvalue weighted by molar-refractivity contribution is 5.56. The van der Waals surface area contributed by atoms with Gasteiger partial charge in [0.05, 0.1) is 17.4 Å². The summed E-state index contributed by atoms with van der Waals surface area (Å²) in [5.74, 6) is 0.387. The first kappa shape index (κ1) is 20.1. The molecular weight excluding hydrogens is 336 g/mol. The summed E-state index contributed by atoms with van der Waals surface area (Å²) >= 11 is 0. The zero-order valence-corrected chi connectivity index (χ0v) is 15.8. The Morgan fingerprint density at radius 2 is 2.08 bits per heavy atom. The van der Waals surface area contributed by atoms with Crippen molar-refractivity contribution in [3.63, 3.8) is 0 Å². The second-order valence-corrected chi connectivity index (χ2v) is 6.56. The number of allylic oxidation sites excluding steroid dienone is 1. The molecule has 6 heteroatoms. The topological polar surface area (TPSA) is 39.9 Å². The van der Waals surface area contributed by atoms with E-state index in [2.05, 4.69) is 30.5 Å². The predicted molar refractivity (Wildman–Crippen MR) is 98.5 cm³/mol. The van der Waals surface area contributed by atoms with E-state index in [-0.39, 0.29) is 11.7 Å². The lowest BCUT2D eigenvalue weighted by Crippen LogP contribution is -2.08. The third kappa shape index (κ3) is 5.64. The lowest BCUT2D eigenvalue weighted by Gasteiger charge is -2.16. The van der Waals surface area contributed by atoms with Gasteiger partial charge in [0, 0.05) is 26.0 Å². The summed E-state index contributed by atoms with van der Waals surface area (Å²) in [6, 6.07) is 3.43. The molecule has 0 saturated heterocycles. The minimum atomic E-state index is -0.652. The van der Waals surface area contributed by atoms with Crippen LogP contribution in [0.1, 0.15) is 51.8 Å². The van der Waals surface area contributed by atoms with Gasteiger partial charge in [0.25, 0.3) is 0 Å². The molecule has 1 unspecified atom stereocenters. The van der Waals surface area contributed by atoms with Crippen LogP contribution in [0.15, 0.2) is 30.5 Å². The number of aryl methyl sites for hydroxylation is 2. The second kappa shape index (κ2) is 9.46. The number of nitrogens with zero attached hydrogens (tertiary/aromatic N) is 3.